The van der Waals surface area contributed by atoms with Crippen LogP contribution in [-0.4, -0.2) is 17.0 Å². The molecule has 1 aromatic carbocycles. The van der Waals surface area contributed by atoms with Crippen molar-refractivity contribution in [1.29, 1.82) is 0 Å². The molecule has 20 heavy (non-hydrogen) atoms. The molecule has 0 radical (unpaired) electrons. The average Bonchev–Trinajstić information content (AvgIpc) is 2.37. The molecule has 0 fully saturated rings. The van der Waals surface area contributed by atoms with E-state index in [0.29, 0.717) is 16.5 Å². The van der Waals surface area contributed by atoms with Crippen LogP contribution in [0.2, 0.25) is 10.0 Å². The van der Waals surface area contributed by atoms with Crippen LogP contribution < -0.4 is 5.32 Å². The lowest BCUT2D eigenvalue weighted by molar-refractivity contribution is 0.773. The highest BCUT2D eigenvalue weighted by molar-refractivity contribution is 6.35. The third-order valence-corrected chi connectivity index (χ3v) is 3.77. The fourth-order valence-electron chi connectivity index (χ4n) is 2.16. The van der Waals surface area contributed by atoms with E-state index in [0.717, 1.165) is 34.9 Å². The molecule has 0 aliphatic heterocycles. The summed E-state index contributed by atoms with van der Waals surface area (Å²) in [6.45, 7) is 4.79. The number of hydrogen-bond acceptors (Lipinski definition) is 3. The molecule has 0 saturated heterocycles. The fourth-order valence-corrected chi connectivity index (χ4v) is 2.63. The van der Waals surface area contributed by atoms with Crippen LogP contribution in [-0.2, 0) is 13.0 Å². The van der Waals surface area contributed by atoms with Crippen LogP contribution in [0.4, 0.5) is 0 Å². The van der Waals surface area contributed by atoms with E-state index in [1.165, 1.54) is 0 Å². The standard InChI is InChI=1S/C15H17Cl2N3/c1-9-13(8-18-3)10(2)20-15(19-9)6-11-4-5-12(16)7-14(11)17/h4-5,7,18H,6,8H2,1-3H3. The highest BCUT2D eigenvalue weighted by Crippen LogP contribution is 2.23. The van der Waals surface area contributed by atoms with Gasteiger partial charge in [-0.05, 0) is 38.6 Å². The van der Waals surface area contributed by atoms with Crippen LogP contribution >= 0.6 is 23.2 Å². The zero-order valence-electron chi connectivity index (χ0n) is 11.8. The molecule has 0 atom stereocenters. The number of aromatic nitrogens is 2. The fraction of sp³-hybridized carbons (Fsp3) is 0.333. The SMILES string of the molecule is CNCc1c(C)nc(Cc2ccc(Cl)cc2Cl)nc1C. The summed E-state index contributed by atoms with van der Waals surface area (Å²) in [6, 6.07) is 5.49. The maximum Gasteiger partial charge on any atom is 0.133 e. The molecule has 0 amide bonds. The Morgan fingerprint density at radius 3 is 2.30 bits per heavy atom. The molecule has 1 aromatic heterocycles. The highest BCUT2D eigenvalue weighted by atomic mass is 35.5. The smallest absolute Gasteiger partial charge is 0.133 e. The lowest BCUT2D eigenvalue weighted by Crippen LogP contribution is -2.12. The zero-order chi connectivity index (χ0) is 14.7. The monoisotopic (exact) mass is 309 g/mol. The number of nitrogens with zero attached hydrogens (tertiary/aromatic N) is 2. The van der Waals surface area contributed by atoms with E-state index in [-0.39, 0.29) is 0 Å². The van der Waals surface area contributed by atoms with Crippen LogP contribution in [0.1, 0.15) is 28.3 Å². The van der Waals surface area contributed by atoms with Gasteiger partial charge in [0.05, 0.1) is 0 Å². The summed E-state index contributed by atoms with van der Waals surface area (Å²) >= 11 is 12.1. The summed E-state index contributed by atoms with van der Waals surface area (Å²) < 4.78 is 0. The van der Waals surface area contributed by atoms with Crippen LogP contribution in [0.25, 0.3) is 0 Å². The van der Waals surface area contributed by atoms with Gasteiger partial charge in [-0.3, -0.25) is 0 Å². The van der Waals surface area contributed by atoms with E-state index in [1.807, 2.05) is 33.0 Å². The first-order valence-corrected chi connectivity index (χ1v) is 7.18. The molecular weight excluding hydrogens is 293 g/mol. The molecule has 2 rings (SSSR count). The van der Waals surface area contributed by atoms with E-state index in [4.69, 9.17) is 23.2 Å². The number of rotatable bonds is 4. The molecule has 0 saturated carbocycles. The maximum absolute atomic E-state index is 6.19. The van der Waals surface area contributed by atoms with Crippen molar-refractivity contribution in [3.8, 4) is 0 Å². The minimum Gasteiger partial charge on any atom is -0.316 e. The molecular formula is C15H17Cl2N3. The summed E-state index contributed by atoms with van der Waals surface area (Å²) in [7, 11) is 1.92. The van der Waals surface area contributed by atoms with E-state index in [2.05, 4.69) is 15.3 Å². The predicted octanol–water partition coefficient (Wildman–Crippen LogP) is 3.71. The molecule has 5 heteroatoms. The first-order chi connectivity index (χ1) is 9.51. The maximum atomic E-state index is 6.19. The van der Waals surface area contributed by atoms with Gasteiger partial charge in [-0.1, -0.05) is 29.3 Å². The van der Waals surface area contributed by atoms with Crippen molar-refractivity contribution in [1.82, 2.24) is 15.3 Å². The van der Waals surface area contributed by atoms with Crippen molar-refractivity contribution in [3.05, 3.63) is 56.6 Å². The Morgan fingerprint density at radius 1 is 1.10 bits per heavy atom. The molecule has 2 aromatic rings. The van der Waals surface area contributed by atoms with Gasteiger partial charge in [0, 0.05) is 40.0 Å². The Balaban J connectivity index is 2.30. The number of benzene rings is 1. The number of halogens is 2. The second-order valence-electron chi connectivity index (χ2n) is 4.73. The minimum absolute atomic E-state index is 0.609. The number of aryl methyl sites for hydroxylation is 2. The first kappa shape index (κ1) is 15.2. The summed E-state index contributed by atoms with van der Waals surface area (Å²) in [4.78, 5) is 9.14. The molecule has 0 aliphatic rings. The van der Waals surface area contributed by atoms with Crippen LogP contribution in [0, 0.1) is 13.8 Å². The number of hydrogen-bond donors (Lipinski definition) is 1. The molecule has 1 N–H and O–H groups in total. The predicted molar refractivity (Wildman–Crippen MR) is 83.5 cm³/mol. The van der Waals surface area contributed by atoms with Crippen molar-refractivity contribution in [2.45, 2.75) is 26.8 Å². The van der Waals surface area contributed by atoms with E-state index >= 15 is 0 Å². The van der Waals surface area contributed by atoms with E-state index in [9.17, 15) is 0 Å². The Bertz CT molecular complexity index is 604. The van der Waals surface area contributed by atoms with Crippen LogP contribution in [0.15, 0.2) is 18.2 Å². The van der Waals surface area contributed by atoms with Crippen LogP contribution in [0.5, 0.6) is 0 Å². The van der Waals surface area contributed by atoms with Gasteiger partial charge in [-0.15, -0.1) is 0 Å². The summed E-state index contributed by atoms with van der Waals surface area (Å²) in [6.07, 6.45) is 0.609. The van der Waals surface area contributed by atoms with Gasteiger partial charge in [-0.2, -0.15) is 0 Å². The molecule has 0 bridgehead atoms. The second-order valence-corrected chi connectivity index (χ2v) is 5.58. The molecule has 106 valence electrons. The second kappa shape index (κ2) is 6.53. The minimum atomic E-state index is 0.609. The molecule has 1 heterocycles. The van der Waals surface area contributed by atoms with Crippen molar-refractivity contribution in [2.75, 3.05) is 7.05 Å². The molecule has 3 nitrogen and oxygen atoms in total. The Morgan fingerprint density at radius 2 is 1.75 bits per heavy atom. The highest BCUT2D eigenvalue weighted by Gasteiger charge is 2.10. The molecule has 0 aliphatic carbocycles. The van der Waals surface area contributed by atoms with Gasteiger partial charge < -0.3 is 5.32 Å². The zero-order valence-corrected chi connectivity index (χ0v) is 13.3. The van der Waals surface area contributed by atoms with Crippen molar-refractivity contribution >= 4 is 23.2 Å². The lowest BCUT2D eigenvalue weighted by atomic mass is 10.1. The van der Waals surface area contributed by atoms with Gasteiger partial charge in [0.1, 0.15) is 5.82 Å². The third kappa shape index (κ3) is 3.48. The van der Waals surface area contributed by atoms with Gasteiger partial charge >= 0.3 is 0 Å². The van der Waals surface area contributed by atoms with E-state index < -0.39 is 0 Å². The largest absolute Gasteiger partial charge is 0.316 e. The lowest BCUT2D eigenvalue weighted by Gasteiger charge is -2.11. The summed E-state index contributed by atoms with van der Waals surface area (Å²) in [5.41, 5.74) is 4.15. The number of nitrogens with one attached hydrogen (secondary N) is 1. The summed E-state index contributed by atoms with van der Waals surface area (Å²) in [5.74, 6) is 0.782. The van der Waals surface area contributed by atoms with Gasteiger partial charge in [-0.25, -0.2) is 9.97 Å². The molecule has 0 spiro atoms. The topological polar surface area (TPSA) is 37.8 Å². The van der Waals surface area contributed by atoms with Crippen LogP contribution in [0.3, 0.4) is 0 Å². The first-order valence-electron chi connectivity index (χ1n) is 6.42. The quantitative estimate of drug-likeness (QED) is 0.935. The van der Waals surface area contributed by atoms with Crippen molar-refractivity contribution < 1.29 is 0 Å². The third-order valence-electron chi connectivity index (χ3n) is 3.18. The van der Waals surface area contributed by atoms with Crippen molar-refractivity contribution in [2.24, 2.45) is 0 Å². The van der Waals surface area contributed by atoms with Gasteiger partial charge in [0.2, 0.25) is 0 Å². The summed E-state index contributed by atoms with van der Waals surface area (Å²) in [5, 5.41) is 4.42. The van der Waals surface area contributed by atoms with Gasteiger partial charge in [0.25, 0.3) is 0 Å². The normalized spacial score (nSPS) is 10.8. The Labute approximate surface area is 129 Å². The van der Waals surface area contributed by atoms with Crippen molar-refractivity contribution in [3.63, 3.8) is 0 Å². The Kier molecular flexibility index (Phi) is 4.97. The van der Waals surface area contributed by atoms with Gasteiger partial charge in [0.15, 0.2) is 0 Å². The average molecular weight is 310 g/mol. The molecule has 0 unspecified atom stereocenters. The van der Waals surface area contributed by atoms with E-state index in [1.54, 1.807) is 6.07 Å². The Hall–Kier alpha value is -1.16.